The molecule has 2 N–H and O–H groups in total. The lowest BCUT2D eigenvalue weighted by Crippen LogP contribution is -2.51. The minimum Gasteiger partial charge on any atom is -0.493 e. The molecule has 20 heavy (non-hydrogen) atoms. The molecule has 0 saturated carbocycles. The highest BCUT2D eigenvalue weighted by atomic mass is 16.5. The number of likely N-dealkylation sites (N-methyl/N-ethyl adjacent to an activating group) is 1. The molecular formula is C14H17N3O3. The molecule has 1 saturated heterocycles. The highest BCUT2D eigenvalue weighted by Crippen LogP contribution is 2.39. The third kappa shape index (κ3) is 2.30. The van der Waals surface area contributed by atoms with E-state index in [0.717, 1.165) is 18.7 Å². The number of rotatable bonds is 4. The van der Waals surface area contributed by atoms with Crippen molar-refractivity contribution >= 4 is 5.88 Å². The monoisotopic (exact) mass is 275 g/mol. The molecule has 106 valence electrons. The van der Waals surface area contributed by atoms with Crippen LogP contribution in [0.4, 0.5) is 5.88 Å². The summed E-state index contributed by atoms with van der Waals surface area (Å²) in [6.45, 7) is 1.80. The van der Waals surface area contributed by atoms with E-state index in [1.807, 2.05) is 18.2 Å². The highest BCUT2D eigenvalue weighted by molar-refractivity contribution is 5.72. The lowest BCUT2D eigenvalue weighted by molar-refractivity contribution is 0.0374. The number of hydrogen-bond donors (Lipinski definition) is 1. The Labute approximate surface area is 117 Å². The van der Waals surface area contributed by atoms with Crippen molar-refractivity contribution in [2.45, 2.75) is 6.10 Å². The largest absolute Gasteiger partial charge is 0.493 e. The Morgan fingerprint density at radius 2 is 2.20 bits per heavy atom. The number of ether oxygens (including phenoxy) is 2. The standard InChI is InChI=1S/C14H17N3O3/c1-17-7-9(8-17)19-14-10(4-3-5-12(14)18-2)11-6-13(15)20-16-11/h3-6,9H,7-8,15H2,1-2H3. The fourth-order valence-electron chi connectivity index (χ4n) is 2.30. The summed E-state index contributed by atoms with van der Waals surface area (Å²) in [5.74, 6) is 1.64. The number of methoxy groups -OCH3 is 1. The van der Waals surface area contributed by atoms with E-state index in [1.54, 1.807) is 13.2 Å². The average Bonchev–Trinajstić information content (AvgIpc) is 2.83. The molecule has 1 aromatic carbocycles. The Hall–Kier alpha value is -2.21. The lowest BCUT2D eigenvalue weighted by Gasteiger charge is -2.36. The van der Waals surface area contributed by atoms with Crippen LogP contribution in [-0.4, -0.2) is 43.4 Å². The van der Waals surface area contributed by atoms with E-state index in [-0.39, 0.29) is 12.0 Å². The number of nitrogens with two attached hydrogens (primary N) is 1. The molecule has 1 aliphatic rings. The van der Waals surface area contributed by atoms with Gasteiger partial charge in [0.05, 0.1) is 7.11 Å². The summed E-state index contributed by atoms with van der Waals surface area (Å²) in [6.07, 6.45) is 0.166. The number of nitrogen functional groups attached to an aromatic ring is 1. The maximum Gasteiger partial charge on any atom is 0.222 e. The van der Waals surface area contributed by atoms with Crippen LogP contribution in [0.2, 0.25) is 0 Å². The van der Waals surface area contributed by atoms with E-state index in [1.165, 1.54) is 0 Å². The first-order chi connectivity index (χ1) is 9.67. The molecule has 3 rings (SSSR count). The molecule has 6 heteroatoms. The first kappa shape index (κ1) is 12.8. The van der Waals surface area contributed by atoms with Gasteiger partial charge in [0, 0.05) is 24.7 Å². The van der Waals surface area contributed by atoms with E-state index >= 15 is 0 Å². The summed E-state index contributed by atoms with van der Waals surface area (Å²) in [4.78, 5) is 2.19. The molecule has 0 amide bonds. The Morgan fingerprint density at radius 3 is 2.80 bits per heavy atom. The van der Waals surface area contributed by atoms with Gasteiger partial charge in [-0.15, -0.1) is 0 Å². The van der Waals surface area contributed by atoms with E-state index in [9.17, 15) is 0 Å². The third-order valence-corrected chi connectivity index (χ3v) is 3.32. The molecule has 6 nitrogen and oxygen atoms in total. The number of para-hydroxylation sites is 1. The van der Waals surface area contributed by atoms with Gasteiger partial charge in [-0.3, -0.25) is 4.90 Å². The summed E-state index contributed by atoms with van der Waals surface area (Å²) < 4.78 is 16.4. The zero-order chi connectivity index (χ0) is 14.1. The van der Waals surface area contributed by atoms with Gasteiger partial charge in [-0.25, -0.2) is 0 Å². The number of anilines is 1. The van der Waals surface area contributed by atoms with Crippen LogP contribution < -0.4 is 15.2 Å². The van der Waals surface area contributed by atoms with Crippen molar-refractivity contribution in [3.63, 3.8) is 0 Å². The third-order valence-electron chi connectivity index (χ3n) is 3.32. The van der Waals surface area contributed by atoms with Crippen molar-refractivity contribution in [2.24, 2.45) is 0 Å². The van der Waals surface area contributed by atoms with Gasteiger partial charge >= 0.3 is 0 Å². The number of hydrogen-bond acceptors (Lipinski definition) is 6. The Balaban J connectivity index is 1.96. The van der Waals surface area contributed by atoms with E-state index in [4.69, 9.17) is 19.7 Å². The maximum atomic E-state index is 6.05. The van der Waals surface area contributed by atoms with Crippen molar-refractivity contribution in [3.8, 4) is 22.8 Å². The maximum absolute atomic E-state index is 6.05. The number of aromatic nitrogens is 1. The SMILES string of the molecule is COc1cccc(-c2cc(N)on2)c1OC1CN(C)C1. The molecule has 1 aromatic heterocycles. The number of nitrogens with zero attached hydrogens (tertiary/aromatic N) is 2. The van der Waals surface area contributed by atoms with E-state index in [0.29, 0.717) is 17.2 Å². The summed E-state index contributed by atoms with van der Waals surface area (Å²) >= 11 is 0. The minimum atomic E-state index is 0.166. The van der Waals surface area contributed by atoms with Crippen molar-refractivity contribution in [3.05, 3.63) is 24.3 Å². The second-order valence-corrected chi connectivity index (χ2v) is 4.91. The van der Waals surface area contributed by atoms with Gasteiger partial charge in [0.25, 0.3) is 0 Å². The van der Waals surface area contributed by atoms with Gasteiger partial charge in [0.2, 0.25) is 5.88 Å². The quantitative estimate of drug-likeness (QED) is 0.914. The molecule has 0 radical (unpaired) electrons. The summed E-state index contributed by atoms with van der Waals surface area (Å²) in [6, 6.07) is 7.34. The van der Waals surface area contributed by atoms with Crippen LogP contribution in [0.5, 0.6) is 11.5 Å². The van der Waals surface area contributed by atoms with Gasteiger partial charge in [0.15, 0.2) is 11.5 Å². The van der Waals surface area contributed by atoms with Gasteiger partial charge in [-0.05, 0) is 19.2 Å². The average molecular weight is 275 g/mol. The van der Waals surface area contributed by atoms with Crippen LogP contribution in [0.25, 0.3) is 11.3 Å². The molecule has 2 heterocycles. The van der Waals surface area contributed by atoms with Crippen LogP contribution in [-0.2, 0) is 0 Å². The molecule has 0 aliphatic carbocycles. The van der Waals surface area contributed by atoms with Gasteiger partial charge in [-0.2, -0.15) is 0 Å². The highest BCUT2D eigenvalue weighted by Gasteiger charge is 2.27. The first-order valence-electron chi connectivity index (χ1n) is 6.42. The van der Waals surface area contributed by atoms with Crippen molar-refractivity contribution in [2.75, 3.05) is 33.0 Å². The van der Waals surface area contributed by atoms with Crippen LogP contribution in [0, 0.1) is 0 Å². The molecule has 2 aromatic rings. The fraction of sp³-hybridized carbons (Fsp3) is 0.357. The zero-order valence-corrected chi connectivity index (χ0v) is 11.5. The molecule has 0 unspecified atom stereocenters. The topological polar surface area (TPSA) is 73.8 Å². The second-order valence-electron chi connectivity index (χ2n) is 4.91. The molecule has 0 atom stereocenters. The van der Waals surface area contributed by atoms with E-state index in [2.05, 4.69) is 17.1 Å². The Morgan fingerprint density at radius 1 is 1.40 bits per heavy atom. The predicted molar refractivity (Wildman–Crippen MR) is 74.8 cm³/mol. The summed E-state index contributed by atoms with van der Waals surface area (Å²) in [7, 11) is 3.68. The molecule has 0 spiro atoms. The summed E-state index contributed by atoms with van der Waals surface area (Å²) in [5.41, 5.74) is 7.05. The minimum absolute atomic E-state index is 0.166. The van der Waals surface area contributed by atoms with Crippen molar-refractivity contribution in [1.29, 1.82) is 0 Å². The lowest BCUT2D eigenvalue weighted by atomic mass is 10.1. The molecular weight excluding hydrogens is 258 g/mol. The van der Waals surface area contributed by atoms with Crippen molar-refractivity contribution < 1.29 is 14.0 Å². The second kappa shape index (κ2) is 5.05. The van der Waals surface area contributed by atoms with Gasteiger partial charge in [0.1, 0.15) is 11.8 Å². The molecule has 1 aliphatic heterocycles. The van der Waals surface area contributed by atoms with E-state index < -0.39 is 0 Å². The molecule has 1 fully saturated rings. The first-order valence-corrected chi connectivity index (χ1v) is 6.42. The number of likely N-dealkylation sites (tertiary alicyclic amines) is 1. The smallest absolute Gasteiger partial charge is 0.222 e. The Bertz CT molecular complexity index is 605. The van der Waals surface area contributed by atoms with Crippen LogP contribution in [0.1, 0.15) is 0 Å². The zero-order valence-electron chi connectivity index (χ0n) is 11.5. The number of benzene rings is 1. The van der Waals surface area contributed by atoms with Crippen LogP contribution in [0.15, 0.2) is 28.8 Å². The van der Waals surface area contributed by atoms with Gasteiger partial charge in [-0.1, -0.05) is 11.2 Å². The van der Waals surface area contributed by atoms with Crippen LogP contribution in [0.3, 0.4) is 0 Å². The van der Waals surface area contributed by atoms with Crippen LogP contribution >= 0.6 is 0 Å². The predicted octanol–water partition coefficient (Wildman–Crippen LogP) is 1.63. The summed E-state index contributed by atoms with van der Waals surface area (Å²) in [5, 5.41) is 3.94. The Kier molecular flexibility index (Phi) is 3.23. The van der Waals surface area contributed by atoms with Crippen molar-refractivity contribution in [1.82, 2.24) is 10.1 Å². The van der Waals surface area contributed by atoms with Gasteiger partial charge < -0.3 is 19.7 Å². The molecule has 0 bridgehead atoms. The fourth-order valence-corrected chi connectivity index (χ4v) is 2.30. The normalized spacial score (nSPS) is 15.9.